The number of carbonyl (C=O) groups excluding carboxylic acids is 1. The summed E-state index contributed by atoms with van der Waals surface area (Å²) in [4.78, 5) is 23.4. The second-order valence-electron chi connectivity index (χ2n) is 7.78. The summed E-state index contributed by atoms with van der Waals surface area (Å²) in [5.74, 6) is 1.27. The third kappa shape index (κ3) is 6.01. The number of aromatic nitrogens is 1. The van der Waals surface area contributed by atoms with Gasteiger partial charge in [0.15, 0.2) is 5.13 Å². The average molecular weight is 472 g/mol. The van der Waals surface area contributed by atoms with Gasteiger partial charge in [-0.2, -0.15) is 0 Å². The highest BCUT2D eigenvalue weighted by Crippen LogP contribution is 2.32. The van der Waals surface area contributed by atoms with Crippen molar-refractivity contribution in [3.05, 3.63) is 48.0 Å². The Balaban J connectivity index is 1.47. The number of nitrogens with zero attached hydrogens (tertiary/aromatic N) is 3. The van der Waals surface area contributed by atoms with E-state index in [2.05, 4.69) is 36.1 Å². The number of benzene rings is 2. The van der Waals surface area contributed by atoms with Gasteiger partial charge in [0.1, 0.15) is 5.75 Å². The van der Waals surface area contributed by atoms with E-state index in [9.17, 15) is 4.79 Å². The van der Waals surface area contributed by atoms with Crippen molar-refractivity contribution in [3.8, 4) is 5.75 Å². The summed E-state index contributed by atoms with van der Waals surface area (Å²) in [6.07, 6.45) is 0.903. The van der Waals surface area contributed by atoms with Crippen molar-refractivity contribution in [3.63, 3.8) is 0 Å². The number of hydrogen-bond donors (Lipinski definition) is 0. The molecule has 0 saturated carbocycles. The molecule has 1 aliphatic rings. The number of carbonyl (C=O) groups is 1. The van der Waals surface area contributed by atoms with E-state index < -0.39 is 0 Å². The first-order valence-electron chi connectivity index (χ1n) is 10.9. The molecule has 0 atom stereocenters. The number of thiazole rings is 1. The van der Waals surface area contributed by atoms with Crippen molar-refractivity contribution < 1.29 is 14.3 Å². The molecule has 4 rings (SSSR count). The van der Waals surface area contributed by atoms with E-state index in [0.717, 1.165) is 65.3 Å². The van der Waals surface area contributed by atoms with E-state index >= 15 is 0 Å². The topological polar surface area (TPSA) is 54.9 Å². The lowest BCUT2D eigenvalue weighted by Gasteiger charge is -2.27. The predicted molar refractivity (Wildman–Crippen MR) is 132 cm³/mol. The minimum atomic E-state index is 0.0866. The van der Waals surface area contributed by atoms with Crippen LogP contribution in [0, 0.1) is 6.92 Å². The Morgan fingerprint density at radius 1 is 1.22 bits per heavy atom. The summed E-state index contributed by atoms with van der Waals surface area (Å²) >= 11 is 3.12. The fourth-order valence-electron chi connectivity index (χ4n) is 3.60. The Morgan fingerprint density at radius 3 is 2.75 bits per heavy atom. The van der Waals surface area contributed by atoms with Gasteiger partial charge in [0.05, 0.1) is 36.3 Å². The largest absolute Gasteiger partial charge is 0.497 e. The molecule has 1 aromatic heterocycles. The molecule has 170 valence electrons. The molecule has 1 saturated heterocycles. The van der Waals surface area contributed by atoms with Crippen molar-refractivity contribution >= 4 is 44.4 Å². The molecule has 0 unspecified atom stereocenters. The van der Waals surface area contributed by atoms with Crippen LogP contribution in [0.2, 0.25) is 0 Å². The highest BCUT2D eigenvalue weighted by molar-refractivity contribution is 8.00. The van der Waals surface area contributed by atoms with E-state index in [4.69, 9.17) is 14.5 Å². The number of anilines is 1. The maximum absolute atomic E-state index is 13.3. The fraction of sp³-hybridized carbons (Fsp3) is 0.417. The van der Waals surface area contributed by atoms with E-state index in [1.54, 1.807) is 30.2 Å². The van der Waals surface area contributed by atoms with Crippen molar-refractivity contribution in [2.24, 2.45) is 0 Å². The molecule has 32 heavy (non-hydrogen) atoms. The first-order chi connectivity index (χ1) is 15.6. The lowest BCUT2D eigenvalue weighted by atomic mass is 10.2. The minimum Gasteiger partial charge on any atom is -0.497 e. The van der Waals surface area contributed by atoms with Gasteiger partial charge >= 0.3 is 0 Å². The van der Waals surface area contributed by atoms with Gasteiger partial charge < -0.3 is 9.47 Å². The molecule has 6 nitrogen and oxygen atoms in total. The average Bonchev–Trinajstić information content (AvgIpc) is 3.24. The standard InChI is InChI=1S/C24H29N3O3S2/c1-18-4-7-20(8-5-18)31-17-23(28)27(11-3-10-26-12-14-30-15-13-26)24-25-21-9-6-19(29-2)16-22(21)32-24/h4-9,16H,3,10-15,17H2,1-2H3. The van der Waals surface area contributed by atoms with Gasteiger partial charge in [-0.3, -0.25) is 14.6 Å². The Kier molecular flexibility index (Phi) is 8.02. The van der Waals surface area contributed by atoms with Gasteiger partial charge in [-0.05, 0) is 43.7 Å². The van der Waals surface area contributed by atoms with Gasteiger partial charge in [-0.25, -0.2) is 4.98 Å². The molecule has 1 amide bonds. The lowest BCUT2D eigenvalue weighted by molar-refractivity contribution is -0.116. The number of hydrogen-bond acceptors (Lipinski definition) is 7. The van der Waals surface area contributed by atoms with Gasteiger partial charge in [-0.1, -0.05) is 29.0 Å². The maximum Gasteiger partial charge on any atom is 0.239 e. The number of amides is 1. The molecule has 1 fully saturated rings. The van der Waals surface area contributed by atoms with E-state index in [-0.39, 0.29) is 5.91 Å². The molecule has 1 aliphatic heterocycles. The molecule has 0 aliphatic carbocycles. The Hall–Kier alpha value is -2.13. The van der Waals surface area contributed by atoms with Crippen LogP contribution in [-0.4, -0.2) is 68.0 Å². The molecular formula is C24H29N3O3S2. The van der Waals surface area contributed by atoms with Crippen molar-refractivity contribution in [2.45, 2.75) is 18.2 Å². The first kappa shape index (κ1) is 23.0. The van der Waals surface area contributed by atoms with Gasteiger partial charge in [0, 0.05) is 31.1 Å². The van der Waals surface area contributed by atoms with Crippen LogP contribution in [0.5, 0.6) is 5.75 Å². The highest BCUT2D eigenvalue weighted by Gasteiger charge is 2.21. The zero-order valence-corrected chi connectivity index (χ0v) is 20.2. The third-order valence-corrected chi connectivity index (χ3v) is 7.50. The summed E-state index contributed by atoms with van der Waals surface area (Å²) in [6, 6.07) is 14.1. The molecular weight excluding hydrogens is 442 g/mol. The summed E-state index contributed by atoms with van der Waals surface area (Å²) in [7, 11) is 1.66. The Labute approximate surface area is 197 Å². The van der Waals surface area contributed by atoms with Crippen LogP contribution in [0.1, 0.15) is 12.0 Å². The third-order valence-electron chi connectivity index (χ3n) is 5.46. The number of morpholine rings is 1. The van der Waals surface area contributed by atoms with Crippen LogP contribution < -0.4 is 9.64 Å². The maximum atomic E-state index is 13.3. The second kappa shape index (κ2) is 11.1. The van der Waals surface area contributed by atoms with Crippen LogP contribution in [0.15, 0.2) is 47.4 Å². The number of methoxy groups -OCH3 is 1. The quantitative estimate of drug-likeness (QED) is 0.430. The highest BCUT2D eigenvalue weighted by atomic mass is 32.2. The molecule has 8 heteroatoms. The number of fused-ring (bicyclic) bond motifs is 1. The van der Waals surface area contributed by atoms with Crippen molar-refractivity contribution in [1.82, 2.24) is 9.88 Å². The minimum absolute atomic E-state index is 0.0866. The summed E-state index contributed by atoms with van der Waals surface area (Å²) in [5, 5.41) is 0.754. The number of aryl methyl sites for hydroxylation is 1. The summed E-state index contributed by atoms with van der Waals surface area (Å²) in [5.41, 5.74) is 2.11. The van der Waals surface area contributed by atoms with Crippen LogP contribution in [-0.2, 0) is 9.53 Å². The molecule has 0 radical (unpaired) electrons. The zero-order valence-electron chi connectivity index (χ0n) is 18.6. The smallest absolute Gasteiger partial charge is 0.239 e. The Morgan fingerprint density at radius 2 is 2.00 bits per heavy atom. The molecule has 0 spiro atoms. The van der Waals surface area contributed by atoms with Crippen LogP contribution in [0.3, 0.4) is 0 Å². The van der Waals surface area contributed by atoms with Crippen molar-refractivity contribution in [1.29, 1.82) is 0 Å². The summed E-state index contributed by atoms with van der Waals surface area (Å²) < 4.78 is 11.8. The van der Waals surface area contributed by atoms with Crippen LogP contribution in [0.4, 0.5) is 5.13 Å². The van der Waals surface area contributed by atoms with Crippen LogP contribution >= 0.6 is 23.1 Å². The number of ether oxygens (including phenoxy) is 2. The van der Waals surface area contributed by atoms with E-state index in [1.807, 2.05) is 23.1 Å². The van der Waals surface area contributed by atoms with Crippen molar-refractivity contribution in [2.75, 3.05) is 57.2 Å². The first-order valence-corrected chi connectivity index (χ1v) is 12.7. The monoisotopic (exact) mass is 471 g/mol. The molecule has 2 heterocycles. The van der Waals surface area contributed by atoms with Gasteiger partial charge in [0.25, 0.3) is 0 Å². The Bertz CT molecular complexity index is 1030. The normalized spacial score (nSPS) is 14.6. The predicted octanol–water partition coefficient (Wildman–Crippen LogP) is 4.46. The fourth-order valence-corrected chi connectivity index (χ4v) is 5.41. The molecule has 0 bridgehead atoms. The number of rotatable bonds is 9. The van der Waals surface area contributed by atoms with Gasteiger partial charge in [-0.15, -0.1) is 11.8 Å². The van der Waals surface area contributed by atoms with Gasteiger partial charge in [0.2, 0.25) is 5.91 Å². The summed E-state index contributed by atoms with van der Waals surface area (Å²) in [6.45, 7) is 7.16. The van der Waals surface area contributed by atoms with E-state index in [1.165, 1.54) is 5.56 Å². The number of thioether (sulfide) groups is 1. The van der Waals surface area contributed by atoms with Crippen LogP contribution in [0.25, 0.3) is 10.2 Å². The van der Waals surface area contributed by atoms with E-state index in [0.29, 0.717) is 12.3 Å². The lowest BCUT2D eigenvalue weighted by Crippen LogP contribution is -2.39. The SMILES string of the molecule is COc1ccc2nc(N(CCCN3CCOCC3)C(=O)CSc3ccc(C)cc3)sc2c1. The molecule has 2 aromatic carbocycles. The molecule has 0 N–H and O–H groups in total. The zero-order chi connectivity index (χ0) is 22.3. The second-order valence-corrected chi connectivity index (χ2v) is 9.84. The molecule has 3 aromatic rings.